The highest BCUT2D eigenvalue weighted by atomic mass is 19.1. The van der Waals surface area contributed by atoms with Crippen molar-refractivity contribution in [3.8, 4) is 0 Å². The Morgan fingerprint density at radius 3 is 2.48 bits per heavy atom. The van der Waals surface area contributed by atoms with Gasteiger partial charge >= 0.3 is 0 Å². The minimum absolute atomic E-state index is 0.204. The van der Waals surface area contributed by atoms with Crippen LogP contribution in [0.2, 0.25) is 0 Å². The van der Waals surface area contributed by atoms with E-state index in [9.17, 15) is 9.18 Å². The van der Waals surface area contributed by atoms with E-state index in [4.69, 9.17) is 0 Å². The van der Waals surface area contributed by atoms with Crippen LogP contribution < -0.4 is 10.6 Å². The van der Waals surface area contributed by atoms with Gasteiger partial charge in [0.15, 0.2) is 5.96 Å². The van der Waals surface area contributed by atoms with Gasteiger partial charge in [0.2, 0.25) is 5.91 Å². The molecule has 1 aromatic rings. The average Bonchev–Trinajstić information content (AvgIpc) is 2.68. The van der Waals surface area contributed by atoms with E-state index < -0.39 is 0 Å². The fraction of sp³-hybridized carbons (Fsp3) is 0.636. The Balaban J connectivity index is 1.35. The Kier molecular flexibility index (Phi) is 8.28. The monoisotopic (exact) mass is 403 g/mol. The van der Waals surface area contributed by atoms with Gasteiger partial charge in [0.25, 0.3) is 0 Å². The molecule has 29 heavy (non-hydrogen) atoms. The summed E-state index contributed by atoms with van der Waals surface area (Å²) in [5, 5.41) is 6.61. The lowest BCUT2D eigenvalue weighted by atomic mass is 9.84. The largest absolute Gasteiger partial charge is 0.357 e. The lowest BCUT2D eigenvalue weighted by Gasteiger charge is -2.38. The van der Waals surface area contributed by atoms with E-state index in [2.05, 4.69) is 27.4 Å². The number of guanidine groups is 1. The number of aliphatic imine (C=N–C) groups is 1. The van der Waals surface area contributed by atoms with Gasteiger partial charge in [-0.15, -0.1) is 0 Å². The Labute approximate surface area is 173 Å². The van der Waals surface area contributed by atoms with Gasteiger partial charge in [-0.05, 0) is 43.9 Å². The number of amides is 1. The first-order chi connectivity index (χ1) is 14.2. The van der Waals surface area contributed by atoms with Crippen LogP contribution in [0.25, 0.3) is 0 Å². The summed E-state index contributed by atoms with van der Waals surface area (Å²) in [7, 11) is 0. The van der Waals surface area contributed by atoms with Gasteiger partial charge in [-0.2, -0.15) is 0 Å². The van der Waals surface area contributed by atoms with Crippen LogP contribution in [0.3, 0.4) is 0 Å². The molecule has 0 spiro atoms. The van der Waals surface area contributed by atoms with Crippen molar-refractivity contribution in [2.75, 3.05) is 52.4 Å². The molecule has 0 atom stereocenters. The van der Waals surface area contributed by atoms with Crippen LogP contribution in [0, 0.1) is 11.7 Å². The van der Waals surface area contributed by atoms with Crippen LogP contribution in [-0.2, 0) is 11.2 Å². The zero-order valence-electron chi connectivity index (χ0n) is 17.5. The molecule has 1 saturated carbocycles. The second kappa shape index (κ2) is 11.1. The molecule has 2 aliphatic rings. The number of hydrogen-bond donors (Lipinski definition) is 2. The van der Waals surface area contributed by atoms with E-state index in [0.29, 0.717) is 11.8 Å². The van der Waals surface area contributed by atoms with E-state index in [1.165, 1.54) is 18.6 Å². The van der Waals surface area contributed by atoms with E-state index >= 15 is 0 Å². The topological polar surface area (TPSA) is 60.0 Å². The second-order valence-electron chi connectivity index (χ2n) is 7.86. The van der Waals surface area contributed by atoms with Crippen molar-refractivity contribution in [1.82, 2.24) is 20.4 Å². The number of piperazine rings is 1. The summed E-state index contributed by atoms with van der Waals surface area (Å²) in [6.45, 7) is 8.79. The van der Waals surface area contributed by atoms with Crippen molar-refractivity contribution in [1.29, 1.82) is 0 Å². The van der Waals surface area contributed by atoms with Gasteiger partial charge in [0.05, 0.1) is 6.54 Å². The summed E-state index contributed by atoms with van der Waals surface area (Å²) in [4.78, 5) is 21.4. The molecule has 1 saturated heterocycles. The molecular weight excluding hydrogens is 369 g/mol. The first-order valence-electron chi connectivity index (χ1n) is 10.9. The minimum Gasteiger partial charge on any atom is -0.357 e. The lowest BCUT2D eigenvalue weighted by molar-refractivity contribution is -0.139. The Hall–Kier alpha value is -2.15. The predicted octanol–water partition coefficient (Wildman–Crippen LogP) is 1.87. The minimum atomic E-state index is -0.204. The molecular formula is C22H34FN5O. The van der Waals surface area contributed by atoms with Crippen molar-refractivity contribution in [3.63, 3.8) is 0 Å². The smallest absolute Gasteiger partial charge is 0.225 e. The average molecular weight is 404 g/mol. The van der Waals surface area contributed by atoms with Crippen LogP contribution in [0.15, 0.2) is 29.3 Å². The van der Waals surface area contributed by atoms with Gasteiger partial charge in [-0.25, -0.2) is 4.39 Å². The van der Waals surface area contributed by atoms with Crippen LogP contribution in [0.5, 0.6) is 0 Å². The van der Waals surface area contributed by atoms with Crippen LogP contribution in [0.1, 0.15) is 31.7 Å². The van der Waals surface area contributed by atoms with Gasteiger partial charge in [0, 0.05) is 51.7 Å². The molecule has 0 radical (unpaired) electrons. The predicted molar refractivity (Wildman–Crippen MR) is 114 cm³/mol. The molecule has 0 aromatic heterocycles. The quantitative estimate of drug-likeness (QED) is 0.514. The second-order valence-corrected chi connectivity index (χ2v) is 7.86. The number of carbonyl (C=O) groups is 1. The molecule has 3 rings (SSSR count). The van der Waals surface area contributed by atoms with Gasteiger partial charge in [-0.1, -0.05) is 18.6 Å². The van der Waals surface area contributed by atoms with Crippen molar-refractivity contribution < 1.29 is 9.18 Å². The van der Waals surface area contributed by atoms with Crippen LogP contribution in [-0.4, -0.2) is 74.0 Å². The Bertz CT molecular complexity index is 666. The fourth-order valence-corrected chi connectivity index (χ4v) is 3.73. The maximum absolute atomic E-state index is 13.0. The zero-order valence-corrected chi connectivity index (χ0v) is 17.5. The first kappa shape index (κ1) is 21.6. The maximum atomic E-state index is 13.0. The summed E-state index contributed by atoms with van der Waals surface area (Å²) in [5.41, 5.74) is 1.10. The van der Waals surface area contributed by atoms with Crippen molar-refractivity contribution >= 4 is 11.9 Å². The standard InChI is InChI=1S/C22H34FN5O/c1-2-24-22(25-11-10-18-6-8-20(23)9-7-18)26-12-13-27-14-16-28(17-15-27)21(29)19-4-3-5-19/h6-9,19H,2-5,10-17H2,1H3,(H2,24,25,26). The zero-order chi connectivity index (χ0) is 20.5. The summed E-state index contributed by atoms with van der Waals surface area (Å²) >= 11 is 0. The number of hydrogen-bond acceptors (Lipinski definition) is 3. The molecule has 160 valence electrons. The summed E-state index contributed by atoms with van der Waals surface area (Å²) in [6.07, 6.45) is 4.19. The number of halogens is 1. The van der Waals surface area contributed by atoms with Gasteiger partial charge in [-0.3, -0.25) is 14.7 Å². The molecule has 1 aromatic carbocycles. The number of carbonyl (C=O) groups excluding carboxylic acids is 1. The van der Waals surface area contributed by atoms with E-state index in [-0.39, 0.29) is 5.82 Å². The summed E-state index contributed by atoms with van der Waals surface area (Å²) < 4.78 is 13.0. The number of nitrogens with one attached hydrogen (secondary N) is 2. The lowest BCUT2D eigenvalue weighted by Crippen LogP contribution is -2.51. The molecule has 0 bridgehead atoms. The maximum Gasteiger partial charge on any atom is 0.225 e. The SMILES string of the molecule is CCNC(=NCCN1CCN(C(=O)C2CCC2)CC1)NCCc1ccc(F)cc1. The molecule has 2 N–H and O–H groups in total. The van der Waals surface area contributed by atoms with Crippen molar-refractivity contribution in [2.45, 2.75) is 32.6 Å². The highest BCUT2D eigenvalue weighted by Gasteiger charge is 2.30. The first-order valence-corrected chi connectivity index (χ1v) is 10.9. The molecule has 1 heterocycles. The molecule has 2 fully saturated rings. The van der Waals surface area contributed by atoms with Crippen LogP contribution >= 0.6 is 0 Å². The fourth-order valence-electron chi connectivity index (χ4n) is 3.73. The number of nitrogens with zero attached hydrogens (tertiary/aromatic N) is 3. The Morgan fingerprint density at radius 1 is 1.14 bits per heavy atom. The molecule has 1 aliphatic heterocycles. The normalized spacial score (nSPS) is 18.4. The molecule has 6 nitrogen and oxygen atoms in total. The molecule has 0 unspecified atom stereocenters. The molecule has 1 aliphatic carbocycles. The van der Waals surface area contributed by atoms with E-state index in [1.807, 2.05) is 17.0 Å². The van der Waals surface area contributed by atoms with E-state index in [1.54, 1.807) is 0 Å². The third-order valence-electron chi connectivity index (χ3n) is 5.79. The Morgan fingerprint density at radius 2 is 1.86 bits per heavy atom. The number of benzene rings is 1. The van der Waals surface area contributed by atoms with Gasteiger partial charge < -0.3 is 15.5 Å². The highest BCUT2D eigenvalue weighted by molar-refractivity contribution is 5.80. The highest BCUT2D eigenvalue weighted by Crippen LogP contribution is 2.28. The summed E-state index contributed by atoms with van der Waals surface area (Å²) in [6, 6.07) is 6.62. The summed E-state index contributed by atoms with van der Waals surface area (Å²) in [5.74, 6) is 1.28. The van der Waals surface area contributed by atoms with Crippen molar-refractivity contribution in [2.24, 2.45) is 10.9 Å². The number of rotatable bonds is 8. The molecule has 7 heteroatoms. The van der Waals surface area contributed by atoms with E-state index in [0.717, 1.165) is 83.1 Å². The molecule has 1 amide bonds. The van der Waals surface area contributed by atoms with Gasteiger partial charge in [0.1, 0.15) is 5.82 Å². The third kappa shape index (κ3) is 6.70. The third-order valence-corrected chi connectivity index (χ3v) is 5.79. The van der Waals surface area contributed by atoms with Crippen molar-refractivity contribution in [3.05, 3.63) is 35.6 Å². The van der Waals surface area contributed by atoms with Crippen LogP contribution in [0.4, 0.5) is 4.39 Å².